The fourth-order valence-electron chi connectivity index (χ4n) is 13.2. The molecule has 79 heavy (non-hydrogen) atoms. The van der Waals surface area contributed by atoms with E-state index in [1.54, 1.807) is 0 Å². The Morgan fingerprint density at radius 2 is 0.646 bits per heavy atom. The van der Waals surface area contributed by atoms with Crippen LogP contribution in [0, 0.1) is 0 Å². The second-order valence-corrected chi connectivity index (χ2v) is 26.7. The Hall–Kier alpha value is -8.20. The first-order valence-electron chi connectivity index (χ1n) is 28.5. The van der Waals surface area contributed by atoms with Crippen LogP contribution in [0.3, 0.4) is 0 Å². The highest BCUT2D eigenvalue weighted by Crippen LogP contribution is 2.66. The maximum absolute atomic E-state index is 2.57. The minimum atomic E-state index is -0.595. The van der Waals surface area contributed by atoms with Crippen LogP contribution in [0.4, 0.5) is 34.1 Å². The second kappa shape index (κ2) is 17.9. The Morgan fingerprint density at radius 3 is 1.09 bits per heavy atom. The molecule has 11 aromatic rings. The van der Waals surface area contributed by atoms with Gasteiger partial charge in [0.15, 0.2) is 0 Å². The molecule has 0 unspecified atom stereocenters. The van der Waals surface area contributed by atoms with Crippen LogP contribution >= 0.6 is 0 Å². The number of fused-ring (bicyclic) bond motifs is 16. The topological polar surface area (TPSA) is 6.48 Å². The van der Waals surface area contributed by atoms with Gasteiger partial charge in [0, 0.05) is 34.1 Å². The van der Waals surface area contributed by atoms with Crippen molar-refractivity contribution in [3.63, 3.8) is 0 Å². The van der Waals surface area contributed by atoms with Gasteiger partial charge in [-0.2, -0.15) is 0 Å². The van der Waals surface area contributed by atoms with E-state index in [0.717, 1.165) is 34.1 Å². The number of hydrogen-bond acceptors (Lipinski definition) is 2. The summed E-state index contributed by atoms with van der Waals surface area (Å²) in [4.78, 5) is 4.90. The van der Waals surface area contributed by atoms with E-state index in [0.29, 0.717) is 0 Å². The summed E-state index contributed by atoms with van der Waals surface area (Å²) in [6, 6.07) is 84.1. The second-order valence-electron chi connectivity index (χ2n) is 26.7. The Balaban J connectivity index is 1.06. The minimum absolute atomic E-state index is 0.0390. The molecule has 390 valence electrons. The van der Waals surface area contributed by atoms with Gasteiger partial charge in [-0.3, -0.25) is 0 Å². The average molecular weight is 1030 g/mol. The van der Waals surface area contributed by atoms with Crippen LogP contribution in [0.1, 0.15) is 128 Å². The van der Waals surface area contributed by atoms with Gasteiger partial charge >= 0.3 is 0 Å². The van der Waals surface area contributed by atoms with Crippen LogP contribution in [-0.4, -0.2) is 0 Å². The van der Waals surface area contributed by atoms with Gasteiger partial charge in [0.1, 0.15) is 0 Å². The van der Waals surface area contributed by atoms with Gasteiger partial charge < -0.3 is 9.80 Å². The summed E-state index contributed by atoms with van der Waals surface area (Å²) in [6.45, 7) is 27.5. The molecule has 1 spiro atoms. The molecule has 0 aliphatic heterocycles. The lowest BCUT2D eigenvalue weighted by atomic mass is 9.69. The van der Waals surface area contributed by atoms with Crippen LogP contribution in [0.15, 0.2) is 218 Å². The predicted octanol–water partition coefficient (Wildman–Crippen LogP) is 21.6. The molecule has 2 aliphatic carbocycles. The van der Waals surface area contributed by atoms with Crippen molar-refractivity contribution in [1.82, 2.24) is 0 Å². The first kappa shape index (κ1) is 50.3. The first-order valence-corrected chi connectivity index (χ1v) is 28.5. The van der Waals surface area contributed by atoms with E-state index in [2.05, 4.69) is 311 Å². The van der Waals surface area contributed by atoms with Crippen molar-refractivity contribution in [2.75, 3.05) is 9.80 Å². The molecule has 0 atom stereocenters. The maximum atomic E-state index is 2.57. The molecule has 0 fully saturated rings. The van der Waals surface area contributed by atoms with Crippen LogP contribution in [0.2, 0.25) is 0 Å². The fourth-order valence-corrected chi connectivity index (χ4v) is 13.2. The quantitative estimate of drug-likeness (QED) is 0.153. The molecule has 0 amide bonds. The third-order valence-corrected chi connectivity index (χ3v) is 17.5. The van der Waals surface area contributed by atoms with E-state index < -0.39 is 5.41 Å². The summed E-state index contributed by atoms with van der Waals surface area (Å²) in [7, 11) is 0. The molecule has 11 aromatic carbocycles. The summed E-state index contributed by atoms with van der Waals surface area (Å²) >= 11 is 0. The van der Waals surface area contributed by atoms with Crippen molar-refractivity contribution in [3.05, 3.63) is 263 Å². The van der Waals surface area contributed by atoms with Gasteiger partial charge in [0.25, 0.3) is 0 Å². The Kier molecular flexibility index (Phi) is 11.4. The Bertz CT molecular complexity index is 4020. The molecular weight excluding hydrogens is 953 g/mol. The summed E-state index contributed by atoms with van der Waals surface area (Å²) in [5, 5.41) is 7.50. The predicted molar refractivity (Wildman–Crippen MR) is 339 cm³/mol. The third-order valence-electron chi connectivity index (χ3n) is 17.5. The highest BCUT2D eigenvalue weighted by atomic mass is 15.1. The van der Waals surface area contributed by atoms with E-state index in [1.807, 2.05) is 0 Å². The van der Waals surface area contributed by atoms with Gasteiger partial charge in [-0.1, -0.05) is 217 Å². The molecule has 0 bridgehead atoms. The number of benzene rings is 11. The largest absolute Gasteiger partial charge is 0.310 e. The van der Waals surface area contributed by atoms with E-state index in [1.165, 1.54) is 99.1 Å². The Labute approximate surface area is 469 Å². The van der Waals surface area contributed by atoms with Gasteiger partial charge in [-0.25, -0.2) is 0 Å². The van der Waals surface area contributed by atoms with Crippen LogP contribution in [0.25, 0.3) is 54.6 Å². The molecule has 13 rings (SSSR count). The van der Waals surface area contributed by atoms with Crippen LogP contribution in [-0.2, 0) is 27.1 Å². The van der Waals surface area contributed by atoms with Crippen LogP contribution in [0.5, 0.6) is 0 Å². The SMILES string of the molecule is CC(C)(C)c1ccc(N(c2ccc(C(C)(C)C)cc2)c2ccc3cc4c(cc3c2)C2(c3ccccc3-c3ccccc32)c2c-4c3ccccc3c3cc(N(c4ccc(C(C)(C)C)cc4)c4ccc(C(C)(C)C)cc4)ccc23)cc1. The van der Waals surface area contributed by atoms with Crippen molar-refractivity contribution in [2.45, 2.75) is 110 Å². The molecule has 0 saturated carbocycles. The van der Waals surface area contributed by atoms with Gasteiger partial charge in [0.05, 0.1) is 5.41 Å². The normalized spacial score (nSPS) is 13.7. The summed E-state index contributed by atoms with van der Waals surface area (Å²) < 4.78 is 0. The fraction of sp³-hybridized carbons (Fsp3) is 0.221. The van der Waals surface area contributed by atoms with E-state index in [-0.39, 0.29) is 21.7 Å². The van der Waals surface area contributed by atoms with Crippen molar-refractivity contribution in [2.24, 2.45) is 0 Å². The minimum Gasteiger partial charge on any atom is -0.310 e. The summed E-state index contributed by atoms with van der Waals surface area (Å²) in [6.07, 6.45) is 0. The molecule has 0 radical (unpaired) electrons. The highest BCUT2D eigenvalue weighted by molar-refractivity contribution is 6.21. The molecule has 0 N–H and O–H groups in total. The molecule has 0 aromatic heterocycles. The average Bonchev–Trinajstić information content (AvgIpc) is 3.55. The third kappa shape index (κ3) is 8.12. The molecule has 0 heterocycles. The zero-order valence-electron chi connectivity index (χ0n) is 48.2. The van der Waals surface area contributed by atoms with Gasteiger partial charge in [0.2, 0.25) is 0 Å². The van der Waals surface area contributed by atoms with Crippen molar-refractivity contribution in [1.29, 1.82) is 0 Å². The van der Waals surface area contributed by atoms with Gasteiger partial charge in [-0.05, 0) is 206 Å². The lowest BCUT2D eigenvalue weighted by Crippen LogP contribution is -2.26. The summed E-state index contributed by atoms with van der Waals surface area (Å²) in [5.41, 5.74) is 22.3. The molecule has 2 nitrogen and oxygen atoms in total. The molecule has 2 aliphatic rings. The zero-order chi connectivity index (χ0) is 55.0. The standard InChI is InChI=1S/C77H72N2/c1-73(2,3)51-26-35-55(36-27-51)78(56-37-28-52(29-38-56)74(4,5)6)59-34-25-49-46-67-70(47-50(49)45-59)77(68-23-17-15-20-62(68)63-21-16-18-24-69(63)77)72-65-44-43-60(48-66(65)61-19-13-14-22-64(61)71(67)72)79(57-39-30-53(31-40-57)75(7,8)9)58-41-32-54(33-42-58)76(10,11)12/h13-48H,1-12H3. The monoisotopic (exact) mass is 1020 g/mol. The van der Waals surface area contributed by atoms with E-state index >= 15 is 0 Å². The highest BCUT2D eigenvalue weighted by Gasteiger charge is 2.53. The maximum Gasteiger partial charge on any atom is 0.0731 e. The van der Waals surface area contributed by atoms with Gasteiger partial charge in [-0.15, -0.1) is 0 Å². The first-order chi connectivity index (χ1) is 37.7. The van der Waals surface area contributed by atoms with E-state index in [4.69, 9.17) is 0 Å². The zero-order valence-corrected chi connectivity index (χ0v) is 48.2. The molecule has 0 saturated heterocycles. The lowest BCUT2D eigenvalue weighted by molar-refractivity contribution is 0.590. The number of hydrogen-bond donors (Lipinski definition) is 0. The smallest absolute Gasteiger partial charge is 0.0731 e. The van der Waals surface area contributed by atoms with Crippen molar-refractivity contribution < 1.29 is 0 Å². The molecular formula is C77H72N2. The van der Waals surface area contributed by atoms with E-state index in [9.17, 15) is 0 Å². The Morgan fingerprint density at radius 1 is 0.266 bits per heavy atom. The van der Waals surface area contributed by atoms with Crippen molar-refractivity contribution >= 4 is 66.4 Å². The summed E-state index contributed by atoms with van der Waals surface area (Å²) in [5.74, 6) is 0. The number of anilines is 6. The molecule has 2 heteroatoms. The number of rotatable bonds is 6. The number of nitrogens with zero attached hydrogens (tertiary/aromatic N) is 2. The lowest BCUT2D eigenvalue weighted by Gasteiger charge is -2.32. The van der Waals surface area contributed by atoms with Crippen molar-refractivity contribution in [3.8, 4) is 22.3 Å². The van der Waals surface area contributed by atoms with Crippen LogP contribution < -0.4 is 9.80 Å².